The van der Waals surface area contributed by atoms with Gasteiger partial charge in [0.05, 0.1) is 18.2 Å². The number of nitrogens with zero attached hydrogens (tertiary/aromatic N) is 1. The van der Waals surface area contributed by atoms with Crippen molar-refractivity contribution in [3.05, 3.63) is 83.9 Å². The molecule has 11 heteroatoms. The molecule has 1 amide bonds. The summed E-state index contributed by atoms with van der Waals surface area (Å²) in [5.41, 5.74) is -5.61. The van der Waals surface area contributed by atoms with E-state index in [-0.39, 0.29) is 17.9 Å². The number of rotatable bonds is 6. The van der Waals surface area contributed by atoms with E-state index in [1.54, 1.807) is 33.8 Å². The molecule has 0 bridgehead atoms. The van der Waals surface area contributed by atoms with E-state index < -0.39 is 45.2 Å². The van der Waals surface area contributed by atoms with Crippen LogP contribution in [0.25, 0.3) is 16.5 Å². The van der Waals surface area contributed by atoms with Gasteiger partial charge in [0, 0.05) is 6.08 Å². The van der Waals surface area contributed by atoms with Gasteiger partial charge in [-0.3, -0.25) is 4.90 Å². The van der Waals surface area contributed by atoms with E-state index in [4.69, 9.17) is 9.47 Å². The Bertz CT molecular complexity index is 1510. The molecule has 4 rings (SSSR count). The number of amides is 1. The number of ether oxygens (including phenoxy) is 2. The lowest BCUT2D eigenvalue weighted by atomic mass is 9.98. The molecule has 0 radical (unpaired) electrons. The number of benzene rings is 3. The number of hydrogen-bond acceptors (Lipinski definition) is 6. The van der Waals surface area contributed by atoms with Crippen molar-refractivity contribution in [1.29, 1.82) is 0 Å². The molecular formula is C28H28F3NO6S. The Hall–Kier alpha value is -3.73. The Morgan fingerprint density at radius 3 is 2.33 bits per heavy atom. The van der Waals surface area contributed by atoms with Gasteiger partial charge in [-0.25, -0.2) is 4.79 Å². The van der Waals surface area contributed by atoms with Crippen molar-refractivity contribution in [1.82, 2.24) is 4.90 Å². The maximum absolute atomic E-state index is 13.4. The normalized spacial score (nSPS) is 16.5. The van der Waals surface area contributed by atoms with E-state index in [1.165, 1.54) is 23.1 Å². The first-order valence-electron chi connectivity index (χ1n) is 12.1. The molecule has 1 aliphatic rings. The van der Waals surface area contributed by atoms with E-state index in [0.29, 0.717) is 0 Å². The lowest BCUT2D eigenvalue weighted by Crippen LogP contribution is -2.44. The van der Waals surface area contributed by atoms with Crippen LogP contribution < -0.4 is 4.74 Å². The standard InChI is InChI=1S/C28H28F3NO6S/c1-18(21-14-9-11-19-10-5-6-12-22(19)21)32(26(33)37-27(2,3)4)17-20-16-25(38-39(34,35)28(29,30)31)23-13-7-8-15-24(23)36-20/h5-16,18,20H,17H2,1-4H3/t18-,20-/m1/s1. The van der Waals surface area contributed by atoms with Crippen LogP contribution in [0.1, 0.15) is 44.9 Å². The fraction of sp³-hybridized carbons (Fsp3) is 0.321. The second-order valence-corrected chi connectivity index (χ2v) is 11.6. The number of halogens is 3. The molecule has 0 aromatic heterocycles. The molecule has 0 spiro atoms. The van der Waals surface area contributed by atoms with Gasteiger partial charge in [-0.05, 0) is 56.2 Å². The van der Waals surface area contributed by atoms with Crippen molar-refractivity contribution in [3.63, 3.8) is 0 Å². The predicted octanol–water partition coefficient (Wildman–Crippen LogP) is 6.81. The molecule has 0 N–H and O–H groups in total. The first kappa shape index (κ1) is 28.3. The van der Waals surface area contributed by atoms with Crippen molar-refractivity contribution < 1.29 is 40.0 Å². The van der Waals surface area contributed by atoms with Crippen LogP contribution in [0.15, 0.2) is 72.8 Å². The number of hydrogen-bond donors (Lipinski definition) is 0. The van der Waals surface area contributed by atoms with E-state index in [0.717, 1.165) is 22.4 Å². The van der Waals surface area contributed by atoms with Gasteiger partial charge in [-0.15, -0.1) is 0 Å². The summed E-state index contributed by atoms with van der Waals surface area (Å²) in [5, 5.41) is 1.87. The van der Waals surface area contributed by atoms with Crippen molar-refractivity contribution in [2.75, 3.05) is 6.54 Å². The first-order valence-corrected chi connectivity index (χ1v) is 13.5. The van der Waals surface area contributed by atoms with Crippen LogP contribution in [0.3, 0.4) is 0 Å². The topological polar surface area (TPSA) is 82.1 Å². The number of fused-ring (bicyclic) bond motifs is 2. The summed E-state index contributed by atoms with van der Waals surface area (Å²) in [7, 11) is -5.95. The molecule has 3 aromatic rings. The van der Waals surface area contributed by atoms with Gasteiger partial charge in [0.25, 0.3) is 0 Å². The average molecular weight is 564 g/mol. The molecule has 3 aromatic carbocycles. The summed E-state index contributed by atoms with van der Waals surface area (Å²) in [6.07, 6.45) is -0.605. The highest BCUT2D eigenvalue weighted by Crippen LogP contribution is 2.38. The molecule has 208 valence electrons. The highest BCUT2D eigenvalue weighted by molar-refractivity contribution is 7.87. The average Bonchev–Trinajstić information content (AvgIpc) is 2.84. The number of carbonyl (C=O) groups is 1. The zero-order chi connectivity index (χ0) is 28.6. The second-order valence-electron chi connectivity index (χ2n) is 10.0. The highest BCUT2D eigenvalue weighted by Gasteiger charge is 2.49. The summed E-state index contributed by atoms with van der Waals surface area (Å²) in [6, 6.07) is 18.7. The van der Waals surface area contributed by atoms with Crippen LogP contribution in [0, 0.1) is 0 Å². The summed E-state index contributed by atoms with van der Waals surface area (Å²) in [6.45, 7) is 6.77. The summed E-state index contributed by atoms with van der Waals surface area (Å²) < 4.78 is 79.1. The van der Waals surface area contributed by atoms with Crippen LogP contribution in [0.2, 0.25) is 0 Å². The highest BCUT2D eigenvalue weighted by atomic mass is 32.2. The third-order valence-corrected chi connectivity index (χ3v) is 6.96. The SMILES string of the molecule is C[C@H](c1cccc2ccccc12)N(C[C@H]1C=C(OS(=O)(=O)C(F)(F)F)c2ccccc2O1)C(=O)OC(C)(C)C. The molecule has 39 heavy (non-hydrogen) atoms. The monoisotopic (exact) mass is 563 g/mol. The largest absolute Gasteiger partial charge is 0.534 e. The summed E-state index contributed by atoms with van der Waals surface area (Å²) in [4.78, 5) is 14.8. The molecule has 2 atom stereocenters. The van der Waals surface area contributed by atoms with Crippen LogP contribution >= 0.6 is 0 Å². The minimum Gasteiger partial charge on any atom is -0.484 e. The third-order valence-electron chi connectivity index (χ3n) is 6.00. The van der Waals surface area contributed by atoms with Crippen molar-refractivity contribution in [2.24, 2.45) is 0 Å². The van der Waals surface area contributed by atoms with Gasteiger partial charge < -0.3 is 13.7 Å². The Kier molecular flexibility index (Phi) is 7.57. The minimum absolute atomic E-state index is 0.0347. The van der Waals surface area contributed by atoms with Gasteiger partial charge in [-0.2, -0.15) is 21.6 Å². The summed E-state index contributed by atoms with van der Waals surface area (Å²) in [5.74, 6) is -0.430. The smallest absolute Gasteiger partial charge is 0.484 e. The number of carbonyl (C=O) groups excluding carboxylic acids is 1. The Balaban J connectivity index is 1.74. The van der Waals surface area contributed by atoms with E-state index in [2.05, 4.69) is 4.18 Å². The molecule has 0 fully saturated rings. The second kappa shape index (κ2) is 10.4. The maximum atomic E-state index is 13.4. The van der Waals surface area contributed by atoms with Crippen LogP contribution in [0.4, 0.5) is 18.0 Å². The molecule has 0 saturated carbocycles. The van der Waals surface area contributed by atoms with Gasteiger partial charge in [0.2, 0.25) is 0 Å². The van der Waals surface area contributed by atoms with E-state index >= 15 is 0 Å². The van der Waals surface area contributed by atoms with Crippen LogP contribution in [0.5, 0.6) is 5.75 Å². The van der Waals surface area contributed by atoms with Gasteiger partial charge in [0.15, 0.2) is 5.76 Å². The predicted molar refractivity (Wildman–Crippen MR) is 140 cm³/mol. The van der Waals surface area contributed by atoms with Crippen LogP contribution in [-0.2, 0) is 19.0 Å². The number of para-hydroxylation sites is 1. The molecule has 1 heterocycles. The van der Waals surface area contributed by atoms with Gasteiger partial charge in [-0.1, -0.05) is 54.6 Å². The molecule has 0 unspecified atom stereocenters. The van der Waals surface area contributed by atoms with E-state index in [9.17, 15) is 26.4 Å². The van der Waals surface area contributed by atoms with E-state index in [1.807, 2.05) is 42.5 Å². The Morgan fingerprint density at radius 2 is 1.64 bits per heavy atom. The lowest BCUT2D eigenvalue weighted by molar-refractivity contribution is -0.0510. The fourth-order valence-electron chi connectivity index (χ4n) is 4.24. The van der Waals surface area contributed by atoms with Gasteiger partial charge >= 0.3 is 21.7 Å². The molecule has 0 aliphatic carbocycles. The zero-order valence-corrected chi connectivity index (χ0v) is 22.5. The van der Waals surface area contributed by atoms with Crippen molar-refractivity contribution >= 4 is 32.7 Å². The molecule has 1 aliphatic heterocycles. The lowest BCUT2D eigenvalue weighted by Gasteiger charge is -2.35. The number of alkyl halides is 3. The Morgan fingerprint density at radius 1 is 1.00 bits per heavy atom. The third kappa shape index (κ3) is 6.30. The molecule has 7 nitrogen and oxygen atoms in total. The summed E-state index contributed by atoms with van der Waals surface area (Å²) >= 11 is 0. The fourth-order valence-corrected chi connectivity index (χ4v) is 4.72. The van der Waals surface area contributed by atoms with Crippen molar-refractivity contribution in [2.45, 2.75) is 51.0 Å². The minimum atomic E-state index is -5.95. The first-order chi connectivity index (χ1) is 18.2. The maximum Gasteiger partial charge on any atom is 0.534 e. The zero-order valence-electron chi connectivity index (χ0n) is 21.7. The van der Waals surface area contributed by atoms with Crippen LogP contribution in [-0.4, -0.2) is 43.2 Å². The van der Waals surface area contributed by atoms with Gasteiger partial charge in [0.1, 0.15) is 17.5 Å². The quantitative estimate of drug-likeness (QED) is 0.242. The molecular weight excluding hydrogens is 535 g/mol. The molecule has 0 saturated heterocycles. The van der Waals surface area contributed by atoms with Crippen molar-refractivity contribution in [3.8, 4) is 5.75 Å². The Labute approximate surface area is 224 Å².